The van der Waals surface area contributed by atoms with Gasteiger partial charge in [-0.1, -0.05) is 23.2 Å². The van der Waals surface area contributed by atoms with Gasteiger partial charge in [0, 0.05) is 30.2 Å². The highest BCUT2D eigenvalue weighted by atomic mass is 35.5. The zero-order valence-corrected chi connectivity index (χ0v) is 17.0. The molecule has 0 saturated carbocycles. The van der Waals surface area contributed by atoms with Gasteiger partial charge in [0.05, 0.1) is 17.8 Å². The number of halogens is 4. The molecule has 0 aliphatic carbocycles. The Labute approximate surface area is 176 Å². The Morgan fingerprint density at radius 3 is 2.66 bits per heavy atom. The van der Waals surface area contributed by atoms with Crippen LogP contribution in [0.4, 0.5) is 8.78 Å². The number of alkyl halides is 2. The lowest BCUT2D eigenvalue weighted by molar-refractivity contribution is -0.0503. The first-order chi connectivity index (χ1) is 13.9. The first-order valence-electron chi connectivity index (χ1n) is 8.67. The van der Waals surface area contributed by atoms with Gasteiger partial charge in [-0.15, -0.1) is 0 Å². The molecular formula is C18H20Cl2F2N4O3. The number of rotatable bonds is 9. The predicted octanol–water partition coefficient (Wildman–Crippen LogP) is 3.67. The summed E-state index contributed by atoms with van der Waals surface area (Å²) >= 11 is 11.9. The van der Waals surface area contributed by atoms with Gasteiger partial charge in [-0.3, -0.25) is 4.79 Å². The van der Waals surface area contributed by atoms with Crippen LogP contribution in [0.25, 0.3) is 0 Å². The largest absolute Gasteiger partial charge is 0.459 e. The van der Waals surface area contributed by atoms with Crippen LogP contribution in [-0.2, 0) is 6.54 Å². The van der Waals surface area contributed by atoms with Crippen LogP contribution in [0.15, 0.2) is 39.9 Å². The van der Waals surface area contributed by atoms with Gasteiger partial charge in [-0.25, -0.2) is 4.99 Å². The van der Waals surface area contributed by atoms with Gasteiger partial charge in [-0.05, 0) is 31.2 Å². The summed E-state index contributed by atoms with van der Waals surface area (Å²) in [5.41, 5.74) is 0.311. The summed E-state index contributed by atoms with van der Waals surface area (Å²) in [6, 6.07) is 5.96. The molecule has 1 amide bonds. The van der Waals surface area contributed by atoms with Crippen molar-refractivity contribution < 1.29 is 22.7 Å². The molecule has 11 heteroatoms. The molecular weight excluding hydrogens is 429 g/mol. The first kappa shape index (κ1) is 22.8. The number of nitrogens with one attached hydrogen (secondary N) is 3. The topological polar surface area (TPSA) is 87.9 Å². The van der Waals surface area contributed by atoms with Crippen molar-refractivity contribution in [2.45, 2.75) is 20.1 Å². The monoisotopic (exact) mass is 448 g/mol. The molecule has 1 aromatic carbocycles. The van der Waals surface area contributed by atoms with E-state index in [0.29, 0.717) is 31.2 Å². The minimum Gasteiger partial charge on any atom is -0.459 e. The van der Waals surface area contributed by atoms with Crippen molar-refractivity contribution in [3.63, 3.8) is 0 Å². The average molecular weight is 449 g/mol. The molecule has 0 radical (unpaired) electrons. The number of nitrogens with zero attached hydrogens (tertiary/aromatic N) is 1. The van der Waals surface area contributed by atoms with Crippen molar-refractivity contribution in [2.24, 2.45) is 4.99 Å². The van der Waals surface area contributed by atoms with Crippen molar-refractivity contribution >= 4 is 35.1 Å². The predicted molar refractivity (Wildman–Crippen MR) is 107 cm³/mol. The summed E-state index contributed by atoms with van der Waals surface area (Å²) in [6.07, 6.45) is 1.41. The van der Waals surface area contributed by atoms with Crippen LogP contribution in [0.3, 0.4) is 0 Å². The second kappa shape index (κ2) is 11.5. The number of aliphatic imine (C=N–C) groups is 1. The van der Waals surface area contributed by atoms with Gasteiger partial charge in [0.15, 0.2) is 11.7 Å². The Balaban J connectivity index is 1.97. The quantitative estimate of drug-likeness (QED) is 0.309. The van der Waals surface area contributed by atoms with Gasteiger partial charge >= 0.3 is 6.61 Å². The number of carbonyl (C=O) groups is 1. The molecule has 29 heavy (non-hydrogen) atoms. The summed E-state index contributed by atoms with van der Waals surface area (Å²) in [5, 5.41) is 8.97. The summed E-state index contributed by atoms with van der Waals surface area (Å²) in [7, 11) is 0. The smallest absolute Gasteiger partial charge is 0.387 e. The fourth-order valence-corrected chi connectivity index (χ4v) is 2.89. The third kappa shape index (κ3) is 7.43. The number of amides is 1. The van der Waals surface area contributed by atoms with Crippen molar-refractivity contribution in [3.8, 4) is 5.75 Å². The second-order valence-electron chi connectivity index (χ2n) is 5.61. The molecule has 0 aliphatic heterocycles. The fourth-order valence-electron chi connectivity index (χ4n) is 2.31. The summed E-state index contributed by atoms with van der Waals surface area (Å²) in [4.78, 5) is 16.1. The normalized spacial score (nSPS) is 11.4. The number of hydrogen-bond donors (Lipinski definition) is 3. The third-order valence-corrected chi connectivity index (χ3v) is 3.99. The van der Waals surface area contributed by atoms with Gasteiger partial charge in [0.25, 0.3) is 5.91 Å². The number of furan rings is 1. The fraction of sp³-hybridized carbons (Fsp3) is 0.333. The SMILES string of the molecule is CCNC(=NCc1cc(Cl)cc(Cl)c1OC(F)F)NCCNC(=O)c1ccco1. The van der Waals surface area contributed by atoms with E-state index >= 15 is 0 Å². The molecule has 0 aliphatic rings. The number of benzene rings is 1. The van der Waals surface area contributed by atoms with Crippen LogP contribution in [0.1, 0.15) is 23.0 Å². The lowest BCUT2D eigenvalue weighted by atomic mass is 10.2. The standard InChI is InChI=1S/C18H20Cl2F2N4O3/c1-2-23-18(25-6-5-24-16(27)14-4-3-7-28-14)26-10-11-8-12(19)9-13(20)15(11)29-17(21)22/h3-4,7-9,17H,2,5-6,10H2,1H3,(H,24,27)(H2,23,25,26). The van der Waals surface area contributed by atoms with Crippen LogP contribution in [0, 0.1) is 0 Å². The Bertz CT molecular complexity index is 833. The minimum atomic E-state index is -3.03. The van der Waals surface area contributed by atoms with Gasteiger partial charge in [-0.2, -0.15) is 8.78 Å². The number of guanidine groups is 1. The molecule has 0 atom stereocenters. The maximum Gasteiger partial charge on any atom is 0.387 e. The first-order valence-corrected chi connectivity index (χ1v) is 9.43. The van der Waals surface area contributed by atoms with E-state index in [0.717, 1.165) is 0 Å². The highest BCUT2D eigenvalue weighted by Crippen LogP contribution is 2.34. The maximum absolute atomic E-state index is 12.7. The molecule has 3 N–H and O–H groups in total. The van der Waals surface area contributed by atoms with E-state index in [4.69, 9.17) is 27.6 Å². The Kier molecular flexibility index (Phi) is 9.01. The Morgan fingerprint density at radius 2 is 2.00 bits per heavy atom. The summed E-state index contributed by atoms with van der Waals surface area (Å²) < 4.78 is 34.8. The minimum absolute atomic E-state index is 0.00355. The van der Waals surface area contributed by atoms with E-state index in [1.165, 1.54) is 18.4 Å². The molecule has 7 nitrogen and oxygen atoms in total. The molecule has 2 aromatic rings. The van der Waals surface area contributed by atoms with Gasteiger partial charge in [0.1, 0.15) is 5.75 Å². The summed E-state index contributed by atoms with van der Waals surface area (Å²) in [5.74, 6) is 0.131. The zero-order valence-electron chi connectivity index (χ0n) is 15.5. The molecule has 0 bridgehead atoms. The molecule has 0 unspecified atom stereocenters. The maximum atomic E-state index is 12.7. The average Bonchev–Trinajstić information content (AvgIpc) is 3.20. The molecule has 1 heterocycles. The van der Waals surface area contributed by atoms with Crippen LogP contribution >= 0.6 is 23.2 Å². The number of hydrogen-bond acceptors (Lipinski definition) is 4. The molecule has 0 fully saturated rings. The van der Waals surface area contributed by atoms with Crippen molar-refractivity contribution in [2.75, 3.05) is 19.6 Å². The van der Waals surface area contributed by atoms with Crippen LogP contribution < -0.4 is 20.7 Å². The van der Waals surface area contributed by atoms with E-state index in [1.807, 2.05) is 6.92 Å². The Morgan fingerprint density at radius 1 is 1.24 bits per heavy atom. The highest BCUT2D eigenvalue weighted by molar-refractivity contribution is 6.35. The van der Waals surface area contributed by atoms with Crippen molar-refractivity contribution in [1.29, 1.82) is 0 Å². The zero-order chi connectivity index (χ0) is 21.2. The van der Waals surface area contributed by atoms with Gasteiger partial charge < -0.3 is 25.1 Å². The number of ether oxygens (including phenoxy) is 1. The molecule has 158 valence electrons. The van der Waals surface area contributed by atoms with E-state index in [-0.39, 0.29) is 34.0 Å². The lowest BCUT2D eigenvalue weighted by Crippen LogP contribution is -2.41. The molecule has 0 spiro atoms. The van der Waals surface area contributed by atoms with Crippen LogP contribution in [0.2, 0.25) is 10.0 Å². The second-order valence-corrected chi connectivity index (χ2v) is 6.45. The lowest BCUT2D eigenvalue weighted by Gasteiger charge is -2.14. The van der Waals surface area contributed by atoms with E-state index < -0.39 is 6.61 Å². The highest BCUT2D eigenvalue weighted by Gasteiger charge is 2.15. The van der Waals surface area contributed by atoms with Crippen LogP contribution in [-0.4, -0.2) is 38.1 Å². The van der Waals surface area contributed by atoms with E-state index in [9.17, 15) is 13.6 Å². The van der Waals surface area contributed by atoms with Crippen molar-refractivity contribution in [1.82, 2.24) is 16.0 Å². The van der Waals surface area contributed by atoms with Gasteiger partial charge in [0.2, 0.25) is 0 Å². The molecule has 2 rings (SSSR count). The van der Waals surface area contributed by atoms with Crippen LogP contribution in [0.5, 0.6) is 5.75 Å². The summed E-state index contributed by atoms with van der Waals surface area (Å²) in [6.45, 7) is 0.0946. The molecule has 0 saturated heterocycles. The van der Waals surface area contributed by atoms with Crippen molar-refractivity contribution in [3.05, 3.63) is 51.9 Å². The van der Waals surface area contributed by atoms with E-state index in [1.54, 1.807) is 12.1 Å². The van der Waals surface area contributed by atoms with E-state index in [2.05, 4.69) is 25.7 Å². The third-order valence-electron chi connectivity index (χ3n) is 3.49. The Hall–Kier alpha value is -2.52. The number of carbonyl (C=O) groups excluding carboxylic acids is 1. The molecule has 1 aromatic heterocycles.